The SMILES string of the molecule is O=C(Cc1csc(NC(=O)c2ccccc2F)n1)NCCOCC(F)(F)F. The topological polar surface area (TPSA) is 80.3 Å². The van der Waals surface area contributed by atoms with E-state index in [1.807, 2.05) is 0 Å². The van der Waals surface area contributed by atoms with Crippen LogP contribution in [0.5, 0.6) is 0 Å². The normalized spacial score (nSPS) is 11.3. The second-order valence-electron chi connectivity index (χ2n) is 5.27. The van der Waals surface area contributed by atoms with Crippen LogP contribution in [0.15, 0.2) is 29.6 Å². The highest BCUT2D eigenvalue weighted by atomic mass is 32.1. The van der Waals surface area contributed by atoms with Crippen LogP contribution in [0.3, 0.4) is 0 Å². The number of hydrogen-bond acceptors (Lipinski definition) is 5. The molecule has 0 atom stereocenters. The molecule has 2 rings (SSSR count). The number of thiazole rings is 1. The van der Waals surface area contributed by atoms with Crippen LogP contribution in [-0.4, -0.2) is 42.7 Å². The molecule has 1 aromatic carbocycles. The fourth-order valence-corrected chi connectivity index (χ4v) is 2.64. The van der Waals surface area contributed by atoms with Crippen LogP contribution in [0.1, 0.15) is 16.1 Å². The van der Waals surface area contributed by atoms with Crippen LogP contribution in [0, 0.1) is 5.82 Å². The number of hydrogen-bond donors (Lipinski definition) is 2. The predicted molar refractivity (Wildman–Crippen MR) is 90.1 cm³/mol. The first-order valence-electron chi connectivity index (χ1n) is 7.66. The maximum atomic E-state index is 13.6. The number of rotatable bonds is 8. The molecule has 146 valence electrons. The molecule has 27 heavy (non-hydrogen) atoms. The van der Waals surface area contributed by atoms with Gasteiger partial charge in [0, 0.05) is 11.9 Å². The van der Waals surface area contributed by atoms with Gasteiger partial charge in [0.05, 0.1) is 24.3 Å². The number of nitrogens with zero attached hydrogens (tertiary/aromatic N) is 1. The Morgan fingerprint density at radius 1 is 1.22 bits per heavy atom. The van der Waals surface area contributed by atoms with Crippen LogP contribution in [0.2, 0.25) is 0 Å². The maximum Gasteiger partial charge on any atom is 0.411 e. The summed E-state index contributed by atoms with van der Waals surface area (Å²) < 4.78 is 53.6. The minimum atomic E-state index is -4.41. The van der Waals surface area contributed by atoms with Gasteiger partial charge >= 0.3 is 6.18 Å². The zero-order chi connectivity index (χ0) is 19.9. The molecule has 1 aromatic heterocycles. The molecule has 1 heterocycles. The van der Waals surface area contributed by atoms with Gasteiger partial charge in [-0.3, -0.25) is 14.9 Å². The van der Waals surface area contributed by atoms with Crippen LogP contribution in [0.25, 0.3) is 0 Å². The summed E-state index contributed by atoms with van der Waals surface area (Å²) in [4.78, 5) is 27.7. The van der Waals surface area contributed by atoms with Crippen molar-refractivity contribution in [1.29, 1.82) is 0 Å². The first-order chi connectivity index (χ1) is 12.7. The van der Waals surface area contributed by atoms with Gasteiger partial charge in [0.1, 0.15) is 12.4 Å². The lowest BCUT2D eigenvalue weighted by molar-refractivity contribution is -0.173. The van der Waals surface area contributed by atoms with Gasteiger partial charge < -0.3 is 10.1 Å². The lowest BCUT2D eigenvalue weighted by atomic mass is 10.2. The second kappa shape index (κ2) is 9.42. The Morgan fingerprint density at radius 2 is 1.96 bits per heavy atom. The third-order valence-electron chi connectivity index (χ3n) is 3.07. The van der Waals surface area contributed by atoms with Crippen molar-refractivity contribution >= 4 is 28.3 Å². The zero-order valence-electron chi connectivity index (χ0n) is 13.8. The largest absolute Gasteiger partial charge is 0.411 e. The molecule has 0 spiro atoms. The first-order valence-corrected chi connectivity index (χ1v) is 8.54. The number of carbonyl (C=O) groups excluding carboxylic acids is 2. The third kappa shape index (κ3) is 7.31. The molecule has 2 amide bonds. The average Bonchev–Trinajstić information content (AvgIpc) is 3.00. The molecule has 0 aliphatic heterocycles. The Hall–Kier alpha value is -2.53. The molecule has 2 aromatic rings. The molecule has 0 bridgehead atoms. The summed E-state index contributed by atoms with van der Waals surface area (Å²) in [6, 6.07) is 5.47. The Balaban J connectivity index is 1.76. The van der Waals surface area contributed by atoms with E-state index in [9.17, 15) is 27.2 Å². The van der Waals surface area contributed by atoms with Gasteiger partial charge in [0.25, 0.3) is 5.91 Å². The van der Waals surface area contributed by atoms with Gasteiger partial charge in [-0.15, -0.1) is 11.3 Å². The molecule has 0 radical (unpaired) electrons. The van der Waals surface area contributed by atoms with Gasteiger partial charge in [-0.1, -0.05) is 12.1 Å². The van der Waals surface area contributed by atoms with E-state index >= 15 is 0 Å². The summed E-state index contributed by atoms with van der Waals surface area (Å²) in [6.45, 7) is -1.72. The van der Waals surface area contributed by atoms with E-state index in [2.05, 4.69) is 20.4 Å². The Labute approximate surface area is 155 Å². The van der Waals surface area contributed by atoms with Gasteiger partial charge in [0.15, 0.2) is 5.13 Å². The molecule has 0 aliphatic rings. The maximum absolute atomic E-state index is 13.6. The smallest absolute Gasteiger partial charge is 0.370 e. The highest BCUT2D eigenvalue weighted by molar-refractivity contribution is 7.14. The van der Waals surface area contributed by atoms with Gasteiger partial charge in [-0.05, 0) is 12.1 Å². The molecule has 6 nitrogen and oxygen atoms in total. The minimum Gasteiger partial charge on any atom is -0.370 e. The van der Waals surface area contributed by atoms with Gasteiger partial charge in [0.2, 0.25) is 5.91 Å². The minimum absolute atomic E-state index is 0.0735. The van der Waals surface area contributed by atoms with Crippen molar-refractivity contribution in [1.82, 2.24) is 10.3 Å². The summed E-state index contributed by atoms with van der Waals surface area (Å²) in [5.41, 5.74) is 0.225. The Kier molecular flexibility index (Phi) is 7.25. The van der Waals surface area contributed by atoms with Crippen molar-refractivity contribution in [3.63, 3.8) is 0 Å². The number of halogens is 4. The molecular formula is C16H15F4N3O3S. The van der Waals surface area contributed by atoms with E-state index < -0.39 is 30.4 Å². The Morgan fingerprint density at radius 3 is 2.67 bits per heavy atom. The third-order valence-corrected chi connectivity index (χ3v) is 3.87. The second-order valence-corrected chi connectivity index (χ2v) is 6.13. The monoisotopic (exact) mass is 405 g/mol. The summed E-state index contributed by atoms with van der Waals surface area (Å²) in [5, 5.41) is 6.57. The quantitative estimate of drug-likeness (QED) is 0.523. The van der Waals surface area contributed by atoms with Crippen LogP contribution >= 0.6 is 11.3 Å². The molecule has 0 fully saturated rings. The summed E-state index contributed by atoms with van der Waals surface area (Å²) in [7, 11) is 0. The molecule has 0 unspecified atom stereocenters. The number of benzene rings is 1. The van der Waals surface area contributed by atoms with Crippen molar-refractivity contribution in [3.05, 3.63) is 46.7 Å². The van der Waals surface area contributed by atoms with E-state index in [1.165, 1.54) is 23.6 Å². The van der Waals surface area contributed by atoms with E-state index in [0.717, 1.165) is 17.4 Å². The molecule has 11 heteroatoms. The lowest BCUT2D eigenvalue weighted by Gasteiger charge is -2.08. The predicted octanol–water partition coefficient (Wildman–Crippen LogP) is 2.77. The number of anilines is 1. The summed E-state index contributed by atoms with van der Waals surface area (Å²) in [5.74, 6) is -1.79. The van der Waals surface area contributed by atoms with Crippen LogP contribution < -0.4 is 10.6 Å². The van der Waals surface area contributed by atoms with E-state index in [1.54, 1.807) is 0 Å². The molecule has 0 saturated carbocycles. The van der Waals surface area contributed by atoms with E-state index in [0.29, 0.717) is 5.69 Å². The number of alkyl halides is 3. The molecule has 2 N–H and O–H groups in total. The van der Waals surface area contributed by atoms with E-state index in [-0.39, 0.29) is 30.3 Å². The molecular weight excluding hydrogens is 390 g/mol. The fraction of sp³-hybridized carbons (Fsp3) is 0.312. The van der Waals surface area contributed by atoms with Gasteiger partial charge in [-0.2, -0.15) is 13.2 Å². The number of amides is 2. The van der Waals surface area contributed by atoms with Gasteiger partial charge in [-0.25, -0.2) is 9.37 Å². The summed E-state index contributed by atoms with van der Waals surface area (Å²) >= 11 is 1.06. The number of ether oxygens (including phenoxy) is 1. The summed E-state index contributed by atoms with van der Waals surface area (Å²) in [6.07, 6.45) is -4.53. The molecule has 0 aliphatic carbocycles. The highest BCUT2D eigenvalue weighted by Crippen LogP contribution is 2.18. The average molecular weight is 405 g/mol. The molecule has 0 saturated heterocycles. The highest BCUT2D eigenvalue weighted by Gasteiger charge is 2.27. The van der Waals surface area contributed by atoms with Crippen molar-refractivity contribution in [2.75, 3.05) is 25.1 Å². The number of aromatic nitrogens is 1. The van der Waals surface area contributed by atoms with Crippen molar-refractivity contribution in [2.24, 2.45) is 0 Å². The van der Waals surface area contributed by atoms with Crippen molar-refractivity contribution in [3.8, 4) is 0 Å². The number of nitrogens with one attached hydrogen (secondary N) is 2. The Bertz CT molecular complexity index is 795. The number of carbonyl (C=O) groups is 2. The zero-order valence-corrected chi connectivity index (χ0v) is 14.6. The van der Waals surface area contributed by atoms with Crippen LogP contribution in [0.4, 0.5) is 22.7 Å². The van der Waals surface area contributed by atoms with E-state index in [4.69, 9.17) is 0 Å². The first kappa shape index (κ1) is 20.8. The standard InChI is InChI=1S/C16H15F4N3O3S/c17-12-4-2-1-3-11(12)14(25)23-15-22-10(8-27-15)7-13(24)21-5-6-26-9-16(18,19)20/h1-4,8H,5-7,9H2,(H,21,24)(H,22,23,25). The van der Waals surface area contributed by atoms with Crippen LogP contribution in [-0.2, 0) is 16.0 Å². The lowest BCUT2D eigenvalue weighted by Crippen LogP contribution is -2.30. The fourth-order valence-electron chi connectivity index (χ4n) is 1.93. The van der Waals surface area contributed by atoms with Crippen molar-refractivity contribution in [2.45, 2.75) is 12.6 Å². The van der Waals surface area contributed by atoms with Crippen molar-refractivity contribution < 1.29 is 31.9 Å².